The van der Waals surface area contributed by atoms with E-state index < -0.39 is 0 Å². The molecule has 0 saturated carbocycles. The van der Waals surface area contributed by atoms with Crippen LogP contribution in [0.15, 0.2) is 34.7 Å². The van der Waals surface area contributed by atoms with E-state index >= 15 is 0 Å². The third-order valence-electron chi connectivity index (χ3n) is 3.12. The number of benzene rings is 1. The topological polar surface area (TPSA) is 71.5 Å². The normalized spacial score (nSPS) is 10.4. The van der Waals surface area contributed by atoms with E-state index in [1.54, 1.807) is 6.07 Å². The van der Waals surface area contributed by atoms with Crippen LogP contribution < -0.4 is 10.2 Å². The SMILES string of the molecule is CCNc1cc(N(C)Cc2ccc(C)o2)cc([N+](=O)[O-])c1. The fourth-order valence-corrected chi connectivity index (χ4v) is 2.12. The summed E-state index contributed by atoms with van der Waals surface area (Å²) in [6.07, 6.45) is 0. The Morgan fingerprint density at radius 2 is 2.10 bits per heavy atom. The Kier molecular flexibility index (Phi) is 4.47. The minimum absolute atomic E-state index is 0.0749. The number of non-ortho nitro benzene ring substituents is 1. The van der Waals surface area contributed by atoms with Crippen LogP contribution in [0, 0.1) is 17.0 Å². The molecule has 2 aromatic rings. The molecule has 0 aliphatic carbocycles. The van der Waals surface area contributed by atoms with Crippen molar-refractivity contribution < 1.29 is 9.34 Å². The van der Waals surface area contributed by atoms with E-state index in [2.05, 4.69) is 5.32 Å². The van der Waals surface area contributed by atoms with Gasteiger partial charge in [-0.2, -0.15) is 0 Å². The van der Waals surface area contributed by atoms with E-state index in [0.29, 0.717) is 13.1 Å². The van der Waals surface area contributed by atoms with Crippen LogP contribution in [-0.2, 0) is 6.54 Å². The van der Waals surface area contributed by atoms with Crippen molar-refractivity contribution in [1.29, 1.82) is 0 Å². The molecule has 1 heterocycles. The molecule has 0 saturated heterocycles. The average molecular weight is 289 g/mol. The number of nitro benzene ring substituents is 1. The molecule has 1 aromatic carbocycles. The van der Waals surface area contributed by atoms with Gasteiger partial charge in [0.2, 0.25) is 0 Å². The average Bonchev–Trinajstić information content (AvgIpc) is 2.84. The van der Waals surface area contributed by atoms with Gasteiger partial charge >= 0.3 is 0 Å². The van der Waals surface area contributed by atoms with E-state index in [4.69, 9.17) is 4.42 Å². The third-order valence-corrected chi connectivity index (χ3v) is 3.12. The molecule has 2 rings (SSSR count). The summed E-state index contributed by atoms with van der Waals surface area (Å²) in [6, 6.07) is 8.82. The second kappa shape index (κ2) is 6.30. The molecule has 21 heavy (non-hydrogen) atoms. The Bertz CT molecular complexity index is 637. The van der Waals surface area contributed by atoms with Gasteiger partial charge in [-0.25, -0.2) is 0 Å². The Labute approximate surface area is 123 Å². The van der Waals surface area contributed by atoms with Crippen molar-refractivity contribution in [3.8, 4) is 0 Å². The van der Waals surface area contributed by atoms with Crippen LogP contribution in [0.2, 0.25) is 0 Å². The largest absolute Gasteiger partial charge is 0.464 e. The molecule has 0 unspecified atom stereocenters. The minimum atomic E-state index is -0.380. The monoisotopic (exact) mass is 289 g/mol. The fraction of sp³-hybridized carbons (Fsp3) is 0.333. The second-order valence-electron chi connectivity index (χ2n) is 4.89. The number of hydrogen-bond acceptors (Lipinski definition) is 5. The van der Waals surface area contributed by atoms with Gasteiger partial charge < -0.3 is 14.6 Å². The molecule has 0 aliphatic heterocycles. The van der Waals surface area contributed by atoms with Crippen LogP contribution in [-0.4, -0.2) is 18.5 Å². The molecule has 1 N–H and O–H groups in total. The van der Waals surface area contributed by atoms with Crippen molar-refractivity contribution in [3.05, 3.63) is 52.0 Å². The molecule has 112 valence electrons. The maximum Gasteiger partial charge on any atom is 0.273 e. The third kappa shape index (κ3) is 3.75. The Morgan fingerprint density at radius 3 is 2.67 bits per heavy atom. The summed E-state index contributed by atoms with van der Waals surface area (Å²) in [4.78, 5) is 12.6. The molecular weight excluding hydrogens is 270 g/mol. The van der Waals surface area contributed by atoms with Gasteiger partial charge in [0.05, 0.1) is 11.5 Å². The molecule has 0 fully saturated rings. The second-order valence-corrected chi connectivity index (χ2v) is 4.89. The maximum absolute atomic E-state index is 11.0. The van der Waals surface area contributed by atoms with Gasteiger partial charge in [-0.3, -0.25) is 10.1 Å². The summed E-state index contributed by atoms with van der Waals surface area (Å²) in [5.74, 6) is 1.68. The van der Waals surface area contributed by atoms with Gasteiger partial charge in [0.1, 0.15) is 11.5 Å². The predicted octanol–water partition coefficient (Wildman–Crippen LogP) is 3.56. The molecular formula is C15H19N3O3. The summed E-state index contributed by atoms with van der Waals surface area (Å²) in [5, 5.41) is 14.1. The summed E-state index contributed by atoms with van der Waals surface area (Å²) in [6.45, 7) is 5.11. The zero-order valence-corrected chi connectivity index (χ0v) is 12.4. The molecule has 0 atom stereocenters. The van der Waals surface area contributed by atoms with Crippen molar-refractivity contribution in [3.63, 3.8) is 0 Å². The Hall–Kier alpha value is -2.50. The van der Waals surface area contributed by atoms with Crippen LogP contribution in [0.3, 0.4) is 0 Å². The van der Waals surface area contributed by atoms with Gasteiger partial charge in [0.15, 0.2) is 0 Å². The molecule has 0 spiro atoms. The fourth-order valence-electron chi connectivity index (χ4n) is 2.12. The number of nitrogens with zero attached hydrogens (tertiary/aromatic N) is 2. The first kappa shape index (κ1) is 14.9. The van der Waals surface area contributed by atoms with Crippen molar-refractivity contribution in [2.45, 2.75) is 20.4 Å². The van der Waals surface area contributed by atoms with Crippen LogP contribution in [0.25, 0.3) is 0 Å². The highest BCUT2D eigenvalue weighted by Gasteiger charge is 2.13. The molecule has 0 radical (unpaired) electrons. The van der Waals surface area contributed by atoms with Crippen molar-refractivity contribution in [1.82, 2.24) is 0 Å². The Balaban J connectivity index is 2.26. The van der Waals surface area contributed by atoms with Crippen LogP contribution in [0.4, 0.5) is 17.1 Å². The van der Waals surface area contributed by atoms with E-state index in [9.17, 15) is 10.1 Å². The maximum atomic E-state index is 11.0. The van der Waals surface area contributed by atoms with E-state index in [1.165, 1.54) is 6.07 Å². The lowest BCUT2D eigenvalue weighted by Crippen LogP contribution is -2.16. The number of aryl methyl sites for hydroxylation is 1. The van der Waals surface area contributed by atoms with Gasteiger partial charge in [-0.1, -0.05) is 0 Å². The predicted molar refractivity (Wildman–Crippen MR) is 82.8 cm³/mol. The van der Waals surface area contributed by atoms with Crippen molar-refractivity contribution in [2.75, 3.05) is 23.8 Å². The smallest absolute Gasteiger partial charge is 0.273 e. The molecule has 1 aromatic heterocycles. The van der Waals surface area contributed by atoms with Gasteiger partial charge in [-0.05, 0) is 32.0 Å². The number of nitrogens with one attached hydrogen (secondary N) is 1. The minimum Gasteiger partial charge on any atom is -0.464 e. The van der Waals surface area contributed by atoms with Gasteiger partial charge in [-0.15, -0.1) is 0 Å². The van der Waals surface area contributed by atoms with E-state index in [-0.39, 0.29) is 10.6 Å². The molecule has 6 heteroatoms. The highest BCUT2D eigenvalue weighted by Crippen LogP contribution is 2.27. The lowest BCUT2D eigenvalue weighted by atomic mass is 10.2. The van der Waals surface area contributed by atoms with Crippen LogP contribution >= 0.6 is 0 Å². The number of nitro groups is 1. The van der Waals surface area contributed by atoms with Gasteiger partial charge in [0.25, 0.3) is 5.69 Å². The van der Waals surface area contributed by atoms with E-state index in [0.717, 1.165) is 22.9 Å². The molecule has 0 bridgehead atoms. The zero-order chi connectivity index (χ0) is 15.4. The molecule has 0 amide bonds. The summed E-state index contributed by atoms with van der Waals surface area (Å²) in [7, 11) is 1.88. The standard InChI is InChI=1S/C15H19N3O3/c1-4-16-12-7-13(9-14(8-12)18(19)20)17(3)10-15-6-5-11(2)21-15/h5-9,16H,4,10H2,1-3H3. The Morgan fingerprint density at radius 1 is 1.33 bits per heavy atom. The van der Waals surface area contributed by atoms with Crippen LogP contribution in [0.5, 0.6) is 0 Å². The van der Waals surface area contributed by atoms with Crippen molar-refractivity contribution >= 4 is 17.1 Å². The summed E-state index contributed by atoms with van der Waals surface area (Å²) < 4.78 is 5.54. The molecule has 0 aliphatic rings. The van der Waals surface area contributed by atoms with E-state index in [1.807, 2.05) is 44.0 Å². The number of anilines is 2. The highest BCUT2D eigenvalue weighted by atomic mass is 16.6. The first-order valence-electron chi connectivity index (χ1n) is 6.79. The first-order valence-corrected chi connectivity index (χ1v) is 6.79. The quantitative estimate of drug-likeness (QED) is 0.650. The number of hydrogen-bond donors (Lipinski definition) is 1. The number of rotatable bonds is 6. The summed E-state index contributed by atoms with van der Waals surface area (Å²) >= 11 is 0. The van der Waals surface area contributed by atoms with Crippen LogP contribution in [0.1, 0.15) is 18.4 Å². The molecule has 6 nitrogen and oxygen atoms in total. The highest BCUT2D eigenvalue weighted by molar-refractivity contribution is 5.64. The van der Waals surface area contributed by atoms with Gasteiger partial charge in [0, 0.05) is 37.1 Å². The van der Waals surface area contributed by atoms with Crippen molar-refractivity contribution in [2.24, 2.45) is 0 Å². The lowest BCUT2D eigenvalue weighted by Gasteiger charge is -2.19. The number of furan rings is 1. The zero-order valence-electron chi connectivity index (χ0n) is 12.4. The summed E-state index contributed by atoms with van der Waals surface area (Å²) in [5.41, 5.74) is 1.59. The lowest BCUT2D eigenvalue weighted by molar-refractivity contribution is -0.384. The first-order chi connectivity index (χ1) is 9.99.